The standard InChI is InChI=1S/C53H91NO13/c1-3-5-7-9-11-13-15-16-17-18-19-20-21-22-23-24-25-26-27-29-31-33-35-37-45(58)54-41(42(57)36-34-32-30-28-14-12-10-8-6-4-2)40-64-52-50(63)48(61)51(44(39-56)66-52)67-53-49(62)47(60)46(59)43(38-55)65-53/h5,7,11,13-14,16-17,19-20,28,34,36,41-44,46-53,55-57,59-63H,3-4,6,8-10,12,15,18,21-27,29-33,35,37-40H2,1-2H3,(H,54,58)/b7-5-,13-11-,17-16-,20-19-,28-14+,36-34+. The molecule has 12 unspecified atom stereocenters. The molecule has 2 aliphatic rings. The van der Waals surface area contributed by atoms with Gasteiger partial charge in [-0.15, -0.1) is 0 Å². The number of aliphatic hydroxyl groups is 8. The third-order valence-electron chi connectivity index (χ3n) is 12.1. The molecule has 0 radical (unpaired) electrons. The van der Waals surface area contributed by atoms with Gasteiger partial charge in [-0.05, 0) is 70.6 Å². The lowest BCUT2D eigenvalue weighted by Gasteiger charge is -2.46. The summed E-state index contributed by atoms with van der Waals surface area (Å²) in [6.07, 6.45) is 32.4. The van der Waals surface area contributed by atoms with Crippen molar-refractivity contribution >= 4 is 5.91 Å². The largest absolute Gasteiger partial charge is 0.394 e. The molecule has 0 spiro atoms. The van der Waals surface area contributed by atoms with E-state index < -0.39 is 86.8 Å². The number of hydrogen-bond donors (Lipinski definition) is 9. The normalized spacial score (nSPS) is 27.2. The molecule has 67 heavy (non-hydrogen) atoms. The monoisotopic (exact) mass is 950 g/mol. The third kappa shape index (κ3) is 26.3. The summed E-state index contributed by atoms with van der Waals surface area (Å²) in [5.41, 5.74) is 0. The zero-order chi connectivity index (χ0) is 48.9. The molecule has 2 aliphatic heterocycles. The molecular weight excluding hydrogens is 859 g/mol. The van der Waals surface area contributed by atoms with Crippen LogP contribution in [0.5, 0.6) is 0 Å². The van der Waals surface area contributed by atoms with Crippen molar-refractivity contribution in [2.75, 3.05) is 19.8 Å². The Balaban J connectivity index is 1.78. The van der Waals surface area contributed by atoms with Gasteiger partial charge in [0.25, 0.3) is 0 Å². The Morgan fingerprint density at radius 2 is 1.04 bits per heavy atom. The molecular formula is C53H91NO13. The zero-order valence-electron chi connectivity index (χ0n) is 40.9. The Kier molecular flexibility index (Phi) is 35.4. The van der Waals surface area contributed by atoms with Gasteiger partial charge in [0, 0.05) is 6.42 Å². The van der Waals surface area contributed by atoms with E-state index in [9.17, 15) is 45.6 Å². The first-order valence-corrected chi connectivity index (χ1v) is 25.7. The number of carbonyl (C=O) groups is 1. The van der Waals surface area contributed by atoms with Crippen molar-refractivity contribution in [3.05, 3.63) is 72.9 Å². The topological polar surface area (TPSA) is 228 Å². The summed E-state index contributed by atoms with van der Waals surface area (Å²) >= 11 is 0. The number of unbranched alkanes of at least 4 members (excludes halogenated alkanes) is 15. The number of rotatable bonds is 38. The van der Waals surface area contributed by atoms with Crippen molar-refractivity contribution in [3.63, 3.8) is 0 Å². The minimum Gasteiger partial charge on any atom is -0.394 e. The van der Waals surface area contributed by atoms with E-state index in [4.69, 9.17) is 18.9 Å². The molecule has 0 aromatic carbocycles. The number of ether oxygens (including phenoxy) is 4. The number of allylic oxidation sites excluding steroid dienone is 11. The smallest absolute Gasteiger partial charge is 0.220 e. The van der Waals surface area contributed by atoms with Crippen molar-refractivity contribution < 1.29 is 64.6 Å². The Morgan fingerprint density at radius 3 is 1.64 bits per heavy atom. The van der Waals surface area contributed by atoms with Gasteiger partial charge >= 0.3 is 0 Å². The van der Waals surface area contributed by atoms with Crippen LogP contribution in [0, 0.1) is 0 Å². The van der Waals surface area contributed by atoms with Gasteiger partial charge in [-0.3, -0.25) is 4.79 Å². The minimum atomic E-state index is -1.79. The summed E-state index contributed by atoms with van der Waals surface area (Å²) in [4.78, 5) is 13.2. The zero-order valence-corrected chi connectivity index (χ0v) is 40.9. The van der Waals surface area contributed by atoms with Crippen LogP contribution in [0.2, 0.25) is 0 Å². The Hall–Kier alpha value is -2.57. The number of carbonyl (C=O) groups excluding carboxylic acids is 1. The van der Waals surface area contributed by atoms with Gasteiger partial charge in [-0.1, -0.05) is 157 Å². The van der Waals surface area contributed by atoms with Gasteiger partial charge in [0.1, 0.15) is 48.8 Å². The van der Waals surface area contributed by atoms with Crippen molar-refractivity contribution in [2.45, 2.75) is 235 Å². The minimum absolute atomic E-state index is 0.260. The lowest BCUT2D eigenvalue weighted by Crippen LogP contribution is -2.65. The molecule has 12 atom stereocenters. The molecule has 2 heterocycles. The van der Waals surface area contributed by atoms with Crippen LogP contribution in [0.4, 0.5) is 0 Å². The van der Waals surface area contributed by atoms with Gasteiger partial charge in [0.05, 0.1) is 32.0 Å². The van der Waals surface area contributed by atoms with E-state index in [1.165, 1.54) is 57.8 Å². The summed E-state index contributed by atoms with van der Waals surface area (Å²) in [5, 5.41) is 86.6. The Labute approximate surface area is 402 Å². The summed E-state index contributed by atoms with van der Waals surface area (Å²) in [5.74, 6) is -0.260. The van der Waals surface area contributed by atoms with Crippen molar-refractivity contribution in [1.29, 1.82) is 0 Å². The van der Waals surface area contributed by atoms with Gasteiger partial charge in [0.15, 0.2) is 12.6 Å². The van der Waals surface area contributed by atoms with E-state index in [1.54, 1.807) is 6.08 Å². The van der Waals surface area contributed by atoms with Gasteiger partial charge in [0.2, 0.25) is 5.91 Å². The second-order valence-corrected chi connectivity index (χ2v) is 17.9. The quantitative estimate of drug-likeness (QED) is 0.0229. The first-order valence-electron chi connectivity index (χ1n) is 25.7. The van der Waals surface area contributed by atoms with E-state index in [2.05, 4.69) is 79.9 Å². The summed E-state index contributed by atoms with van der Waals surface area (Å²) in [6, 6.07) is -0.935. The third-order valence-corrected chi connectivity index (χ3v) is 12.1. The summed E-state index contributed by atoms with van der Waals surface area (Å²) < 4.78 is 22.6. The summed E-state index contributed by atoms with van der Waals surface area (Å²) in [7, 11) is 0. The van der Waals surface area contributed by atoms with Crippen LogP contribution in [0.25, 0.3) is 0 Å². The fourth-order valence-corrected chi connectivity index (χ4v) is 7.94. The highest BCUT2D eigenvalue weighted by Gasteiger charge is 2.51. The van der Waals surface area contributed by atoms with E-state index >= 15 is 0 Å². The van der Waals surface area contributed by atoms with Gasteiger partial charge in [-0.25, -0.2) is 0 Å². The summed E-state index contributed by atoms with van der Waals surface area (Å²) in [6.45, 7) is 2.59. The number of nitrogens with one attached hydrogen (secondary N) is 1. The van der Waals surface area contributed by atoms with E-state index in [0.29, 0.717) is 12.8 Å². The van der Waals surface area contributed by atoms with Crippen molar-refractivity contribution in [2.24, 2.45) is 0 Å². The number of amides is 1. The Bertz CT molecular complexity index is 1400. The first kappa shape index (κ1) is 60.6. The molecule has 0 aliphatic carbocycles. The molecule has 0 saturated carbocycles. The molecule has 1 amide bonds. The van der Waals surface area contributed by atoms with Crippen LogP contribution in [0.15, 0.2) is 72.9 Å². The maximum absolute atomic E-state index is 13.2. The van der Waals surface area contributed by atoms with Crippen LogP contribution in [-0.2, 0) is 23.7 Å². The van der Waals surface area contributed by atoms with Crippen LogP contribution < -0.4 is 5.32 Å². The van der Waals surface area contributed by atoms with Crippen LogP contribution in [0.3, 0.4) is 0 Å². The van der Waals surface area contributed by atoms with E-state index in [-0.39, 0.29) is 18.9 Å². The van der Waals surface area contributed by atoms with Crippen molar-refractivity contribution in [1.82, 2.24) is 5.32 Å². The maximum atomic E-state index is 13.2. The first-order chi connectivity index (χ1) is 32.6. The molecule has 2 fully saturated rings. The van der Waals surface area contributed by atoms with E-state index in [1.807, 2.05) is 6.08 Å². The predicted octanol–water partition coefficient (Wildman–Crippen LogP) is 6.82. The Morgan fingerprint density at radius 1 is 0.552 bits per heavy atom. The molecule has 0 aromatic rings. The molecule has 2 saturated heterocycles. The average Bonchev–Trinajstić information content (AvgIpc) is 3.32. The van der Waals surface area contributed by atoms with E-state index in [0.717, 1.165) is 70.6 Å². The number of aliphatic hydroxyl groups excluding tert-OH is 8. The van der Waals surface area contributed by atoms with Crippen molar-refractivity contribution in [3.8, 4) is 0 Å². The second kappa shape index (κ2) is 39.2. The van der Waals surface area contributed by atoms with Gasteiger partial charge in [-0.2, -0.15) is 0 Å². The highest BCUT2D eigenvalue weighted by Crippen LogP contribution is 2.30. The lowest BCUT2D eigenvalue weighted by molar-refractivity contribution is -0.359. The molecule has 386 valence electrons. The second-order valence-electron chi connectivity index (χ2n) is 17.9. The fraction of sp³-hybridized carbons (Fsp3) is 0.755. The molecule has 0 aromatic heterocycles. The maximum Gasteiger partial charge on any atom is 0.220 e. The van der Waals surface area contributed by atoms with Crippen LogP contribution in [-0.4, -0.2) is 140 Å². The highest BCUT2D eigenvalue weighted by molar-refractivity contribution is 5.76. The highest BCUT2D eigenvalue weighted by atomic mass is 16.7. The molecule has 9 N–H and O–H groups in total. The molecule has 2 rings (SSSR count). The van der Waals surface area contributed by atoms with Crippen LogP contribution >= 0.6 is 0 Å². The predicted molar refractivity (Wildman–Crippen MR) is 263 cm³/mol. The number of hydrogen-bond acceptors (Lipinski definition) is 13. The lowest BCUT2D eigenvalue weighted by atomic mass is 9.97. The molecule has 14 nitrogen and oxygen atoms in total. The fourth-order valence-electron chi connectivity index (χ4n) is 7.94. The van der Waals surface area contributed by atoms with Gasteiger partial charge < -0.3 is 65.1 Å². The average molecular weight is 950 g/mol. The van der Waals surface area contributed by atoms with Crippen LogP contribution in [0.1, 0.15) is 162 Å². The molecule has 14 heteroatoms. The SMILES string of the molecule is CC/C=C\C/C=C\C/C=C\C/C=C\CCCCCCCCCCCCC(=O)NC(COC1OC(CO)C(OC2OC(CO)C(O)C(O)C2O)C(O)C1O)C(O)/C=C/CC/C=C/CCCCCC. The molecule has 0 bridgehead atoms.